The Hall–Kier alpha value is -0.130. The van der Waals surface area contributed by atoms with Crippen LogP contribution in [0.5, 0.6) is 0 Å². The van der Waals surface area contributed by atoms with Crippen LogP contribution >= 0.6 is 12.4 Å². The molecule has 1 heterocycles. The average molecular weight is 269 g/mol. The van der Waals surface area contributed by atoms with Gasteiger partial charge in [0.05, 0.1) is 6.04 Å². The van der Waals surface area contributed by atoms with E-state index in [1.807, 2.05) is 20.8 Å². The second-order valence-corrected chi connectivity index (χ2v) is 6.71. The summed E-state index contributed by atoms with van der Waals surface area (Å²) in [6.07, 6.45) is 0. The lowest BCUT2D eigenvalue weighted by molar-refractivity contribution is -0.134. The zero-order chi connectivity index (χ0) is 11.6. The van der Waals surface area contributed by atoms with Gasteiger partial charge in [0.15, 0.2) is 0 Å². The van der Waals surface area contributed by atoms with E-state index in [9.17, 15) is 9.00 Å². The molecule has 6 heteroatoms. The molecule has 0 radical (unpaired) electrons. The monoisotopic (exact) mass is 268 g/mol. The highest BCUT2D eigenvalue weighted by molar-refractivity contribution is 7.85. The zero-order valence-electron chi connectivity index (χ0n) is 10.1. The molecule has 1 rings (SSSR count). The lowest BCUT2D eigenvalue weighted by atomic mass is 9.86. The van der Waals surface area contributed by atoms with Crippen LogP contribution in [0.25, 0.3) is 0 Å². The third kappa shape index (κ3) is 4.03. The van der Waals surface area contributed by atoms with Crippen molar-refractivity contribution in [2.45, 2.75) is 26.8 Å². The van der Waals surface area contributed by atoms with Crippen molar-refractivity contribution in [3.05, 3.63) is 0 Å². The number of hydrogen-bond acceptors (Lipinski definition) is 3. The summed E-state index contributed by atoms with van der Waals surface area (Å²) >= 11 is 0. The molecule has 2 N–H and O–H groups in total. The van der Waals surface area contributed by atoms with Gasteiger partial charge in [-0.25, -0.2) is 0 Å². The van der Waals surface area contributed by atoms with Crippen LogP contribution in [0.2, 0.25) is 0 Å². The SMILES string of the molecule is CC(C)(C)[C@H](N)C(=O)N1CCS(=O)CC1.Cl. The number of carbonyl (C=O) groups excluding carboxylic acids is 1. The highest BCUT2D eigenvalue weighted by atomic mass is 35.5. The standard InChI is InChI=1S/C10H20N2O2S.ClH/c1-10(2,3)8(11)9(13)12-4-6-15(14)7-5-12;/h8H,4-7,11H2,1-3H3;1H/t8-;/m1./s1. The third-order valence-electron chi connectivity index (χ3n) is 2.69. The van der Waals surface area contributed by atoms with E-state index in [-0.39, 0.29) is 23.7 Å². The fourth-order valence-corrected chi connectivity index (χ4v) is 2.48. The second kappa shape index (κ2) is 5.98. The fourth-order valence-electron chi connectivity index (χ4n) is 1.43. The van der Waals surface area contributed by atoms with Crippen LogP contribution in [-0.2, 0) is 15.6 Å². The van der Waals surface area contributed by atoms with Crippen molar-refractivity contribution in [1.29, 1.82) is 0 Å². The van der Waals surface area contributed by atoms with Crippen molar-refractivity contribution in [3.8, 4) is 0 Å². The van der Waals surface area contributed by atoms with Gasteiger partial charge in [-0.3, -0.25) is 9.00 Å². The van der Waals surface area contributed by atoms with Crippen molar-refractivity contribution < 1.29 is 9.00 Å². The van der Waals surface area contributed by atoms with E-state index in [1.54, 1.807) is 4.90 Å². The van der Waals surface area contributed by atoms with E-state index in [2.05, 4.69) is 0 Å². The summed E-state index contributed by atoms with van der Waals surface area (Å²) in [7, 11) is -0.747. The number of amides is 1. The Labute approximate surface area is 106 Å². The first kappa shape index (κ1) is 15.9. The van der Waals surface area contributed by atoms with Gasteiger partial charge in [0.1, 0.15) is 0 Å². The minimum absolute atomic E-state index is 0. The fraction of sp³-hybridized carbons (Fsp3) is 0.900. The Kier molecular flexibility index (Phi) is 5.93. The van der Waals surface area contributed by atoms with Crippen molar-refractivity contribution in [1.82, 2.24) is 4.90 Å². The van der Waals surface area contributed by atoms with Crippen LogP contribution in [0.3, 0.4) is 0 Å². The van der Waals surface area contributed by atoms with E-state index < -0.39 is 16.8 Å². The van der Waals surface area contributed by atoms with Gasteiger partial charge in [0.2, 0.25) is 5.91 Å². The first-order valence-corrected chi connectivity index (χ1v) is 6.70. The molecule has 1 saturated heterocycles. The largest absolute Gasteiger partial charge is 0.339 e. The van der Waals surface area contributed by atoms with Gasteiger partial charge in [-0.05, 0) is 5.41 Å². The summed E-state index contributed by atoms with van der Waals surface area (Å²) in [5, 5.41) is 0. The maximum absolute atomic E-state index is 12.0. The minimum atomic E-state index is -0.747. The summed E-state index contributed by atoms with van der Waals surface area (Å²) in [4.78, 5) is 13.7. The maximum atomic E-state index is 12.0. The van der Waals surface area contributed by atoms with Crippen molar-refractivity contribution >= 4 is 29.1 Å². The van der Waals surface area contributed by atoms with E-state index in [0.29, 0.717) is 24.6 Å². The van der Waals surface area contributed by atoms with Crippen LogP contribution in [0.1, 0.15) is 20.8 Å². The van der Waals surface area contributed by atoms with Crippen molar-refractivity contribution in [2.24, 2.45) is 11.1 Å². The Morgan fingerprint density at radius 2 is 1.75 bits per heavy atom. The lowest BCUT2D eigenvalue weighted by Gasteiger charge is -2.33. The molecule has 16 heavy (non-hydrogen) atoms. The molecule has 0 aromatic carbocycles. The van der Waals surface area contributed by atoms with E-state index in [4.69, 9.17) is 5.73 Å². The van der Waals surface area contributed by atoms with Gasteiger partial charge < -0.3 is 10.6 Å². The quantitative estimate of drug-likeness (QED) is 0.748. The van der Waals surface area contributed by atoms with E-state index >= 15 is 0 Å². The van der Waals surface area contributed by atoms with Gasteiger partial charge >= 0.3 is 0 Å². The molecule has 1 aliphatic rings. The van der Waals surface area contributed by atoms with Crippen molar-refractivity contribution in [2.75, 3.05) is 24.6 Å². The molecular weight excluding hydrogens is 248 g/mol. The van der Waals surface area contributed by atoms with Gasteiger partial charge in [0, 0.05) is 35.4 Å². The summed E-state index contributed by atoms with van der Waals surface area (Å²) in [5.74, 6) is 1.16. The molecule has 0 aromatic heterocycles. The van der Waals surface area contributed by atoms with E-state index in [1.165, 1.54) is 0 Å². The van der Waals surface area contributed by atoms with Gasteiger partial charge in [-0.15, -0.1) is 12.4 Å². The molecule has 4 nitrogen and oxygen atoms in total. The van der Waals surface area contributed by atoms with Crippen LogP contribution < -0.4 is 5.73 Å². The van der Waals surface area contributed by atoms with Gasteiger partial charge in [0.25, 0.3) is 0 Å². The van der Waals surface area contributed by atoms with E-state index in [0.717, 1.165) is 0 Å². The smallest absolute Gasteiger partial charge is 0.240 e. The first-order chi connectivity index (χ1) is 6.82. The number of halogens is 1. The summed E-state index contributed by atoms with van der Waals surface area (Å²) in [6, 6.07) is -0.468. The molecule has 0 unspecified atom stereocenters. The van der Waals surface area contributed by atoms with Crippen LogP contribution in [0.15, 0.2) is 0 Å². The second-order valence-electron chi connectivity index (χ2n) is 5.02. The van der Waals surface area contributed by atoms with Gasteiger partial charge in [-0.2, -0.15) is 0 Å². The summed E-state index contributed by atoms with van der Waals surface area (Å²) in [5.41, 5.74) is 5.68. The molecule has 0 aromatic rings. The predicted molar refractivity (Wildman–Crippen MR) is 69.1 cm³/mol. The highest BCUT2D eigenvalue weighted by Crippen LogP contribution is 2.19. The van der Waals surface area contributed by atoms with Crippen LogP contribution in [-0.4, -0.2) is 45.7 Å². The Balaban J connectivity index is 0.00000225. The third-order valence-corrected chi connectivity index (χ3v) is 3.96. The maximum Gasteiger partial charge on any atom is 0.240 e. The first-order valence-electron chi connectivity index (χ1n) is 5.21. The number of nitrogens with two attached hydrogens (primary N) is 1. The molecule has 0 aliphatic carbocycles. The molecule has 0 saturated carbocycles. The molecule has 1 amide bonds. The number of carbonyl (C=O) groups is 1. The van der Waals surface area contributed by atoms with Crippen LogP contribution in [0.4, 0.5) is 0 Å². The summed E-state index contributed by atoms with van der Waals surface area (Å²) < 4.78 is 11.1. The average Bonchev–Trinajstić information content (AvgIpc) is 2.15. The van der Waals surface area contributed by atoms with Crippen LogP contribution in [0, 0.1) is 5.41 Å². The molecule has 1 aliphatic heterocycles. The Morgan fingerprint density at radius 3 is 2.12 bits per heavy atom. The lowest BCUT2D eigenvalue weighted by Crippen LogP contribution is -2.53. The minimum Gasteiger partial charge on any atom is -0.339 e. The molecule has 1 atom stereocenters. The molecule has 0 bridgehead atoms. The number of rotatable bonds is 1. The number of nitrogens with zero attached hydrogens (tertiary/aromatic N) is 1. The predicted octanol–water partition coefficient (Wildman–Crippen LogP) is 0.372. The molecule has 96 valence electrons. The molecular formula is C10H21ClN2O2S. The Bertz CT molecular complexity index is 268. The van der Waals surface area contributed by atoms with Gasteiger partial charge in [-0.1, -0.05) is 20.8 Å². The highest BCUT2D eigenvalue weighted by Gasteiger charge is 2.32. The topological polar surface area (TPSA) is 63.4 Å². The number of hydrogen-bond donors (Lipinski definition) is 1. The normalized spacial score (nSPS) is 20.1. The van der Waals surface area contributed by atoms with Crippen molar-refractivity contribution in [3.63, 3.8) is 0 Å². The molecule has 0 spiro atoms. The Morgan fingerprint density at radius 1 is 1.31 bits per heavy atom. The zero-order valence-corrected chi connectivity index (χ0v) is 11.7. The summed E-state index contributed by atoms with van der Waals surface area (Å²) in [6.45, 7) is 7.03. The molecule has 1 fully saturated rings.